The normalized spacial score (nSPS) is 12.2. The van der Waals surface area contributed by atoms with Gasteiger partial charge in [0.2, 0.25) is 0 Å². The van der Waals surface area contributed by atoms with Gasteiger partial charge in [-0.3, -0.25) is 0 Å². The second-order valence-corrected chi connectivity index (χ2v) is 5.52. The minimum absolute atomic E-state index is 0.0523. The van der Waals surface area contributed by atoms with Gasteiger partial charge >= 0.3 is 0 Å². The summed E-state index contributed by atoms with van der Waals surface area (Å²) in [4.78, 5) is 1.90. The minimum atomic E-state index is -0.209. The van der Waals surface area contributed by atoms with E-state index >= 15 is 0 Å². The van der Waals surface area contributed by atoms with Gasteiger partial charge in [0.15, 0.2) is 0 Å². The summed E-state index contributed by atoms with van der Waals surface area (Å²) < 4.78 is 14.4. The number of hydrogen-bond donors (Lipinski definition) is 1. The molecule has 0 aliphatic carbocycles. The molecule has 2 rings (SSSR count). The van der Waals surface area contributed by atoms with Crippen LogP contribution in [0.4, 0.5) is 15.8 Å². The van der Waals surface area contributed by atoms with Crippen LogP contribution in [0.2, 0.25) is 0 Å². The number of rotatable bonds is 5. The highest BCUT2D eigenvalue weighted by molar-refractivity contribution is 5.67. The summed E-state index contributed by atoms with van der Waals surface area (Å²) in [6, 6.07) is 13.3. The van der Waals surface area contributed by atoms with Crippen molar-refractivity contribution in [1.29, 1.82) is 0 Å². The van der Waals surface area contributed by atoms with Crippen molar-refractivity contribution < 1.29 is 4.39 Å². The van der Waals surface area contributed by atoms with E-state index < -0.39 is 0 Å². The molecule has 0 aliphatic heterocycles. The van der Waals surface area contributed by atoms with E-state index in [2.05, 4.69) is 6.07 Å². The van der Waals surface area contributed by atoms with Crippen LogP contribution in [0.1, 0.15) is 24.5 Å². The van der Waals surface area contributed by atoms with Crippen LogP contribution in [0.15, 0.2) is 42.5 Å². The predicted octanol–water partition coefficient (Wildman–Crippen LogP) is 4.18. The first-order valence-electron chi connectivity index (χ1n) is 7.36. The van der Waals surface area contributed by atoms with Crippen LogP contribution >= 0.6 is 0 Å². The highest BCUT2D eigenvalue weighted by atomic mass is 19.1. The van der Waals surface area contributed by atoms with Crippen molar-refractivity contribution in [1.82, 2.24) is 0 Å². The Balaban J connectivity index is 2.42. The first kappa shape index (κ1) is 15.5. The van der Waals surface area contributed by atoms with Crippen molar-refractivity contribution in [2.45, 2.75) is 32.7 Å². The predicted molar refractivity (Wildman–Crippen MR) is 87.6 cm³/mol. The van der Waals surface area contributed by atoms with Gasteiger partial charge in [-0.2, -0.15) is 0 Å². The van der Waals surface area contributed by atoms with Crippen LogP contribution < -0.4 is 10.6 Å². The number of halogens is 1. The summed E-state index contributed by atoms with van der Waals surface area (Å²) in [7, 11) is 1.90. The lowest BCUT2D eigenvalue weighted by molar-refractivity contribution is 0.614. The monoisotopic (exact) mass is 286 g/mol. The summed E-state index contributed by atoms with van der Waals surface area (Å²) in [6.45, 7) is 4.08. The van der Waals surface area contributed by atoms with Gasteiger partial charge in [-0.05, 0) is 49.1 Å². The Morgan fingerprint density at radius 1 is 1.19 bits per heavy atom. The summed E-state index contributed by atoms with van der Waals surface area (Å²) in [6.07, 6.45) is 1.56. The summed E-state index contributed by atoms with van der Waals surface area (Å²) in [5.74, 6) is -0.209. The Kier molecular flexibility index (Phi) is 4.97. The van der Waals surface area contributed by atoms with Gasteiger partial charge in [0, 0.05) is 18.8 Å². The van der Waals surface area contributed by atoms with Crippen molar-refractivity contribution in [3.05, 3.63) is 59.4 Å². The Labute approximate surface area is 126 Å². The number of aryl methyl sites for hydroxylation is 1. The van der Waals surface area contributed by atoms with Gasteiger partial charge in [-0.25, -0.2) is 4.39 Å². The molecule has 0 spiro atoms. The maximum atomic E-state index is 14.4. The molecule has 3 heteroatoms. The molecule has 21 heavy (non-hydrogen) atoms. The lowest BCUT2D eigenvalue weighted by Crippen LogP contribution is -2.23. The number of hydrogen-bond acceptors (Lipinski definition) is 2. The molecule has 0 saturated carbocycles. The van der Waals surface area contributed by atoms with Crippen molar-refractivity contribution in [2.24, 2.45) is 5.73 Å². The summed E-state index contributed by atoms with van der Waals surface area (Å²) >= 11 is 0. The van der Waals surface area contributed by atoms with Crippen LogP contribution in [0, 0.1) is 12.7 Å². The van der Waals surface area contributed by atoms with Crippen molar-refractivity contribution in [2.75, 3.05) is 11.9 Å². The molecular weight excluding hydrogens is 263 g/mol. The first-order chi connectivity index (χ1) is 10.0. The Morgan fingerprint density at radius 2 is 1.90 bits per heavy atom. The zero-order valence-electron chi connectivity index (χ0n) is 12.9. The molecule has 0 amide bonds. The SMILES string of the molecule is CCC(N)Cc1cccc(F)c1N(C)c1cccc(C)c1. The van der Waals surface area contributed by atoms with Gasteiger partial charge in [-0.1, -0.05) is 31.2 Å². The van der Waals surface area contributed by atoms with E-state index in [1.807, 2.05) is 50.1 Å². The molecule has 0 heterocycles. The third kappa shape index (κ3) is 3.61. The Hall–Kier alpha value is -1.87. The minimum Gasteiger partial charge on any atom is -0.342 e. The van der Waals surface area contributed by atoms with Crippen LogP contribution in [-0.4, -0.2) is 13.1 Å². The standard InChI is InChI=1S/C18H23FN2/c1-4-15(20)12-14-8-6-10-17(19)18(14)21(3)16-9-5-7-13(2)11-16/h5-11,15H,4,12,20H2,1-3H3. The molecule has 112 valence electrons. The summed E-state index contributed by atoms with van der Waals surface area (Å²) in [5.41, 5.74) is 9.75. The molecule has 0 aromatic heterocycles. The fourth-order valence-electron chi connectivity index (χ4n) is 2.49. The average molecular weight is 286 g/mol. The van der Waals surface area contributed by atoms with Crippen LogP contribution in [-0.2, 0) is 6.42 Å². The van der Waals surface area contributed by atoms with Crippen LogP contribution in [0.3, 0.4) is 0 Å². The molecule has 0 bridgehead atoms. The number of para-hydroxylation sites is 1. The molecule has 2 aromatic carbocycles. The van der Waals surface area contributed by atoms with E-state index in [0.29, 0.717) is 12.1 Å². The topological polar surface area (TPSA) is 29.3 Å². The molecule has 1 unspecified atom stereocenters. The van der Waals surface area contributed by atoms with E-state index in [-0.39, 0.29) is 11.9 Å². The highest BCUT2D eigenvalue weighted by Gasteiger charge is 2.16. The summed E-state index contributed by atoms with van der Waals surface area (Å²) in [5, 5.41) is 0. The van der Waals surface area contributed by atoms with Crippen molar-refractivity contribution in [3.8, 4) is 0 Å². The van der Waals surface area contributed by atoms with Crippen LogP contribution in [0.25, 0.3) is 0 Å². The van der Waals surface area contributed by atoms with Crippen LogP contribution in [0.5, 0.6) is 0 Å². The lowest BCUT2D eigenvalue weighted by Gasteiger charge is -2.24. The maximum absolute atomic E-state index is 14.4. The molecule has 0 aliphatic rings. The number of anilines is 2. The maximum Gasteiger partial charge on any atom is 0.147 e. The fraction of sp³-hybridized carbons (Fsp3) is 0.333. The van der Waals surface area contributed by atoms with E-state index in [9.17, 15) is 4.39 Å². The van der Waals surface area contributed by atoms with Gasteiger partial charge in [0.1, 0.15) is 5.82 Å². The molecule has 0 fully saturated rings. The molecule has 1 atom stereocenters. The quantitative estimate of drug-likeness (QED) is 0.893. The molecular formula is C18H23FN2. The number of benzene rings is 2. The van der Waals surface area contributed by atoms with Gasteiger partial charge in [-0.15, -0.1) is 0 Å². The van der Waals surface area contributed by atoms with E-state index in [1.54, 1.807) is 6.07 Å². The van der Waals surface area contributed by atoms with Crippen molar-refractivity contribution in [3.63, 3.8) is 0 Å². The largest absolute Gasteiger partial charge is 0.342 e. The fourth-order valence-corrected chi connectivity index (χ4v) is 2.49. The lowest BCUT2D eigenvalue weighted by atomic mass is 10.0. The first-order valence-corrected chi connectivity index (χ1v) is 7.36. The second kappa shape index (κ2) is 6.72. The Morgan fingerprint density at radius 3 is 2.57 bits per heavy atom. The smallest absolute Gasteiger partial charge is 0.147 e. The third-order valence-electron chi connectivity index (χ3n) is 3.80. The Bertz CT molecular complexity index is 610. The average Bonchev–Trinajstić information content (AvgIpc) is 2.46. The highest BCUT2D eigenvalue weighted by Crippen LogP contribution is 2.31. The zero-order chi connectivity index (χ0) is 15.4. The zero-order valence-corrected chi connectivity index (χ0v) is 12.9. The van der Waals surface area contributed by atoms with Gasteiger partial charge in [0.25, 0.3) is 0 Å². The third-order valence-corrected chi connectivity index (χ3v) is 3.80. The molecule has 2 N–H and O–H groups in total. The second-order valence-electron chi connectivity index (χ2n) is 5.52. The number of nitrogens with two attached hydrogens (primary N) is 1. The van der Waals surface area contributed by atoms with Crippen molar-refractivity contribution >= 4 is 11.4 Å². The molecule has 0 saturated heterocycles. The molecule has 2 nitrogen and oxygen atoms in total. The van der Waals surface area contributed by atoms with Gasteiger partial charge < -0.3 is 10.6 Å². The van der Waals surface area contributed by atoms with E-state index in [0.717, 1.165) is 23.2 Å². The molecule has 0 radical (unpaired) electrons. The number of nitrogens with zero attached hydrogens (tertiary/aromatic N) is 1. The van der Waals surface area contributed by atoms with Gasteiger partial charge in [0.05, 0.1) is 5.69 Å². The molecule has 2 aromatic rings. The van der Waals surface area contributed by atoms with E-state index in [1.165, 1.54) is 6.07 Å². The van der Waals surface area contributed by atoms with E-state index in [4.69, 9.17) is 5.73 Å².